The largest absolute Gasteiger partial charge is 0.309 e. The first kappa shape index (κ1) is 78.0. The predicted molar refractivity (Wildman–Crippen MR) is 573 cm³/mol. The minimum Gasteiger partial charge on any atom is -0.309 e. The van der Waals surface area contributed by atoms with Gasteiger partial charge in [0.15, 0.2) is 0 Å². The molecule has 5 heterocycles. The zero-order valence-electron chi connectivity index (χ0n) is 74.3. The van der Waals surface area contributed by atoms with Gasteiger partial charge in [0.1, 0.15) is 0 Å². The molecule has 1 aliphatic rings. The Morgan fingerprint density at radius 3 is 0.831 bits per heavy atom. The Morgan fingerprint density at radius 2 is 0.412 bits per heavy atom. The number of hydrogen-bond donors (Lipinski definition) is 0. The molecular formula is C131H85N5. The molecule has 0 aliphatic heterocycles. The molecule has 0 fully saturated rings. The van der Waals surface area contributed by atoms with E-state index in [0.717, 1.165) is 28.4 Å². The number of rotatable bonds is 13. The maximum absolute atomic E-state index is 2.50. The van der Waals surface area contributed by atoms with Crippen molar-refractivity contribution in [3.05, 3.63) is 526 Å². The Labute approximate surface area is 786 Å². The van der Waals surface area contributed by atoms with E-state index in [1.807, 2.05) is 0 Å². The van der Waals surface area contributed by atoms with Gasteiger partial charge < -0.3 is 22.8 Å². The zero-order valence-corrected chi connectivity index (χ0v) is 74.3. The van der Waals surface area contributed by atoms with Gasteiger partial charge in [-0.15, -0.1) is 0 Å². The van der Waals surface area contributed by atoms with E-state index in [1.54, 1.807) is 0 Å². The lowest BCUT2D eigenvalue weighted by Crippen LogP contribution is -2.00. The monoisotopic (exact) mass is 1730 g/mol. The summed E-state index contributed by atoms with van der Waals surface area (Å²) in [6, 6.07) is 188. The van der Waals surface area contributed by atoms with Crippen LogP contribution < -0.4 is 0 Å². The maximum Gasteiger partial charge on any atom is 0.0562 e. The van der Waals surface area contributed by atoms with Gasteiger partial charge in [0, 0.05) is 88.2 Å². The van der Waals surface area contributed by atoms with Crippen molar-refractivity contribution in [2.75, 3.05) is 0 Å². The molecule has 0 bridgehead atoms. The number of benzene rings is 22. The van der Waals surface area contributed by atoms with Gasteiger partial charge >= 0.3 is 0 Å². The smallest absolute Gasteiger partial charge is 0.0562 e. The van der Waals surface area contributed by atoms with Gasteiger partial charge in [0.25, 0.3) is 0 Å². The van der Waals surface area contributed by atoms with Crippen LogP contribution in [0.4, 0.5) is 0 Å². The van der Waals surface area contributed by atoms with Gasteiger partial charge in [-0.05, 0) is 268 Å². The molecule has 634 valence electrons. The summed E-state index contributed by atoms with van der Waals surface area (Å²) in [6.07, 6.45) is 0. The first-order chi connectivity index (χ1) is 67.4. The lowest BCUT2D eigenvalue weighted by Gasteiger charge is -2.16. The Balaban J connectivity index is 0.000000138. The van der Waals surface area contributed by atoms with Crippen LogP contribution in [-0.2, 0) is 0 Å². The van der Waals surface area contributed by atoms with E-state index in [0.29, 0.717) is 0 Å². The molecule has 22 aromatic carbocycles. The first-order valence-corrected chi connectivity index (χ1v) is 47.0. The minimum atomic E-state index is 0.123. The average Bonchev–Trinajstić information content (AvgIpc) is 1.56. The Hall–Kier alpha value is -17.9. The molecule has 5 aromatic heterocycles. The summed E-state index contributed by atoms with van der Waals surface area (Å²) in [5.74, 6) is 0.123. The summed E-state index contributed by atoms with van der Waals surface area (Å²) in [5.41, 5.74) is 41.2. The molecule has 0 radical (unpaired) electrons. The summed E-state index contributed by atoms with van der Waals surface area (Å²) in [6.45, 7) is 0. The summed E-state index contributed by atoms with van der Waals surface area (Å²) in [4.78, 5) is 0. The molecule has 5 heteroatoms. The topological polar surface area (TPSA) is 24.6 Å². The van der Waals surface area contributed by atoms with Crippen LogP contribution in [0.3, 0.4) is 0 Å². The maximum atomic E-state index is 2.50. The fourth-order valence-corrected chi connectivity index (χ4v) is 22.2. The van der Waals surface area contributed by atoms with Crippen LogP contribution in [0.2, 0.25) is 0 Å². The molecule has 136 heavy (non-hydrogen) atoms. The molecule has 1 aliphatic carbocycles. The van der Waals surface area contributed by atoms with Crippen LogP contribution in [0.15, 0.2) is 510 Å². The second-order valence-corrected chi connectivity index (χ2v) is 36.2. The Bertz CT molecular complexity index is 9420. The SMILES string of the molecule is c1ccc(-c2ccc(-n3c4ccc(-c5ccc6c(c5)c5ccccc5n6-c5cccc(-c6ccccc6)c5)cc4c4cc5c(cc43)C(c3ccc4ccccc4c3)c3ccccc3-5)cc2)cc1.c1ccc(-c2ccc(-n3c4ccccc4c4cc5c6cc(-c7ccc8c(c7)c7ccccc7n8-c7cccc(-c8ccccc8)c7)ccc6n(-c6ccc(-c7ccccc7)cc6)c5cc43)cc2)cc1. The van der Waals surface area contributed by atoms with Crippen molar-refractivity contribution in [1.82, 2.24) is 22.8 Å². The van der Waals surface area contributed by atoms with E-state index in [1.165, 1.54) is 226 Å². The fourth-order valence-electron chi connectivity index (χ4n) is 22.2. The quantitative estimate of drug-likeness (QED) is 0.110. The van der Waals surface area contributed by atoms with Crippen LogP contribution >= 0.6 is 0 Å². The molecule has 0 N–H and O–H groups in total. The fraction of sp³-hybridized carbons (Fsp3) is 0.00763. The van der Waals surface area contributed by atoms with Crippen LogP contribution in [0.1, 0.15) is 22.6 Å². The lowest BCUT2D eigenvalue weighted by atomic mass is 9.88. The second kappa shape index (κ2) is 32.0. The van der Waals surface area contributed by atoms with Crippen molar-refractivity contribution >= 4 is 120 Å². The first-order valence-electron chi connectivity index (χ1n) is 47.0. The van der Waals surface area contributed by atoms with E-state index in [-0.39, 0.29) is 5.92 Å². The molecule has 0 spiro atoms. The average molecular weight is 1730 g/mol. The molecule has 0 amide bonds. The van der Waals surface area contributed by atoms with Gasteiger partial charge in [-0.3, -0.25) is 0 Å². The van der Waals surface area contributed by atoms with Crippen molar-refractivity contribution in [2.24, 2.45) is 0 Å². The van der Waals surface area contributed by atoms with E-state index < -0.39 is 0 Å². The number of fused-ring (bicyclic) bond motifs is 19. The predicted octanol–water partition coefficient (Wildman–Crippen LogP) is 34.8. The van der Waals surface area contributed by atoms with Crippen LogP contribution in [-0.4, -0.2) is 22.8 Å². The third-order valence-electron chi connectivity index (χ3n) is 28.6. The van der Waals surface area contributed by atoms with Crippen LogP contribution in [0, 0.1) is 0 Å². The van der Waals surface area contributed by atoms with Gasteiger partial charge in [0.05, 0.1) is 55.2 Å². The minimum absolute atomic E-state index is 0.123. The Kier molecular flexibility index (Phi) is 18.3. The number of para-hydroxylation sites is 3. The van der Waals surface area contributed by atoms with Crippen molar-refractivity contribution in [3.63, 3.8) is 0 Å². The van der Waals surface area contributed by atoms with E-state index in [9.17, 15) is 0 Å². The molecule has 1 atom stereocenters. The van der Waals surface area contributed by atoms with Crippen molar-refractivity contribution in [2.45, 2.75) is 5.92 Å². The molecular weight excluding hydrogens is 1640 g/mol. The van der Waals surface area contributed by atoms with E-state index in [2.05, 4.69) is 532 Å². The van der Waals surface area contributed by atoms with Crippen molar-refractivity contribution < 1.29 is 0 Å². The van der Waals surface area contributed by atoms with Crippen molar-refractivity contribution in [1.29, 1.82) is 0 Å². The van der Waals surface area contributed by atoms with Crippen LogP contribution in [0.5, 0.6) is 0 Å². The highest BCUT2D eigenvalue weighted by molar-refractivity contribution is 6.21. The number of nitrogens with zero attached hydrogens (tertiary/aromatic N) is 5. The van der Waals surface area contributed by atoms with Gasteiger partial charge in [-0.1, -0.05) is 358 Å². The standard InChI is InChI=1S/C66H43N3.C65H42N2/c1-4-15-44(16-5-1)47-27-33-52(34-28-47)67-61-25-12-11-24-56(61)59-42-60-58-41-51(32-38-64(58)68(66(60)43-65(59)67)53-35-29-48(30-36-53)45-17-6-2-7-18-45)50-31-37-63-57(40-50)55-23-10-13-26-62(55)69(63)54-22-14-21-49(39-54)46-19-8-3-9-20-46;1-3-14-42(15-4-1)45-28-32-51(33-29-45)66-63-35-31-49(48-30-34-62-57(38-48)54-23-11-12-25-61(54)67(62)52-21-13-20-47(37-52)43-16-5-2-6-17-43)39-58(63)59-40-56-53-22-9-10-24-55(53)65(60(56)41-64(59)66)50-27-26-44-18-7-8-19-46(44)36-50/h1-43H;1-41,65H. The normalized spacial score (nSPS) is 12.5. The molecule has 0 saturated heterocycles. The molecule has 27 aromatic rings. The van der Waals surface area contributed by atoms with Crippen molar-refractivity contribution in [3.8, 4) is 117 Å². The lowest BCUT2D eigenvalue weighted by molar-refractivity contribution is 1.02. The van der Waals surface area contributed by atoms with Crippen LogP contribution in [0.25, 0.3) is 237 Å². The summed E-state index contributed by atoms with van der Waals surface area (Å²) in [5, 5.41) is 14.9. The highest BCUT2D eigenvalue weighted by Gasteiger charge is 2.33. The summed E-state index contributed by atoms with van der Waals surface area (Å²) < 4.78 is 12.2. The number of hydrogen-bond acceptors (Lipinski definition) is 0. The van der Waals surface area contributed by atoms with Gasteiger partial charge in [0.2, 0.25) is 0 Å². The molecule has 1 unspecified atom stereocenters. The second-order valence-electron chi connectivity index (χ2n) is 36.2. The van der Waals surface area contributed by atoms with E-state index >= 15 is 0 Å². The third kappa shape index (κ3) is 13.0. The van der Waals surface area contributed by atoms with Gasteiger partial charge in [-0.2, -0.15) is 0 Å². The van der Waals surface area contributed by atoms with Gasteiger partial charge in [-0.25, -0.2) is 0 Å². The third-order valence-corrected chi connectivity index (χ3v) is 28.6. The summed E-state index contributed by atoms with van der Waals surface area (Å²) in [7, 11) is 0. The summed E-state index contributed by atoms with van der Waals surface area (Å²) >= 11 is 0. The number of aromatic nitrogens is 5. The Morgan fingerprint density at radius 1 is 0.125 bits per heavy atom. The molecule has 5 nitrogen and oxygen atoms in total. The zero-order chi connectivity index (χ0) is 89.4. The molecule has 0 saturated carbocycles. The van der Waals surface area contributed by atoms with E-state index in [4.69, 9.17) is 0 Å². The highest BCUT2D eigenvalue weighted by atomic mass is 15.0. The highest BCUT2D eigenvalue weighted by Crippen LogP contribution is 2.53. The molecule has 28 rings (SSSR count).